The van der Waals surface area contributed by atoms with E-state index in [1.165, 1.54) is 29.6 Å². The van der Waals surface area contributed by atoms with Crippen LogP contribution < -0.4 is 15.2 Å². The van der Waals surface area contributed by atoms with Crippen molar-refractivity contribution in [2.24, 2.45) is 0 Å². The lowest BCUT2D eigenvalue weighted by Crippen LogP contribution is -2.25. The Kier molecular flexibility index (Phi) is 8.56. The Morgan fingerprint density at radius 3 is 1.68 bits per heavy atom. The Labute approximate surface area is 222 Å². The minimum absolute atomic E-state index is 0.00134. The molecular formula is C24H22F6N2O4S2. The smallest absolute Gasteiger partial charge is 0.416 e. The van der Waals surface area contributed by atoms with E-state index >= 15 is 0 Å². The molecule has 2 N–H and O–H groups in total. The van der Waals surface area contributed by atoms with Crippen molar-refractivity contribution < 1.29 is 40.7 Å². The van der Waals surface area contributed by atoms with Crippen molar-refractivity contribution in [2.45, 2.75) is 48.9 Å². The lowest BCUT2D eigenvalue weighted by atomic mass is 10.1. The standard InChI is InChI=1S/C12H10F3NO3S.C12H12F3NOS/c1-11(5-2-6-20-11)19-10-4-3-8(12(13,14)15)7-9(10)16(17)18;1-11(5-2-6-18-11)17-10-4-3-8(7-9(10)16)12(13,14)15/h2-4,6-7H,5H2,1H3;2-4,6-7H,5,16H2,1H3. The van der Waals surface area contributed by atoms with Crippen LogP contribution in [0.25, 0.3) is 0 Å². The molecule has 6 nitrogen and oxygen atoms in total. The van der Waals surface area contributed by atoms with Crippen LogP contribution in [0.4, 0.5) is 37.7 Å². The fourth-order valence-electron chi connectivity index (χ4n) is 3.34. The number of hydrogen-bond acceptors (Lipinski definition) is 7. The average molecular weight is 581 g/mol. The minimum atomic E-state index is -4.63. The molecule has 0 bridgehead atoms. The Bertz CT molecular complexity index is 1230. The van der Waals surface area contributed by atoms with E-state index in [0.717, 1.165) is 24.3 Å². The number of thioether (sulfide) groups is 2. The molecule has 2 aliphatic heterocycles. The monoisotopic (exact) mass is 580 g/mol. The topological polar surface area (TPSA) is 87.6 Å². The number of hydrogen-bond donors (Lipinski definition) is 1. The Morgan fingerprint density at radius 2 is 1.29 bits per heavy atom. The summed E-state index contributed by atoms with van der Waals surface area (Å²) < 4.78 is 86.3. The second-order valence-electron chi connectivity index (χ2n) is 8.55. The highest BCUT2D eigenvalue weighted by molar-refractivity contribution is 8.03. The quantitative estimate of drug-likeness (QED) is 0.164. The third-order valence-corrected chi connectivity index (χ3v) is 7.43. The minimum Gasteiger partial charge on any atom is -0.474 e. The zero-order valence-corrected chi connectivity index (χ0v) is 21.6. The number of benzene rings is 2. The summed E-state index contributed by atoms with van der Waals surface area (Å²) in [7, 11) is 0. The van der Waals surface area contributed by atoms with Crippen LogP contribution in [0.15, 0.2) is 59.4 Å². The average Bonchev–Trinajstić information content (AvgIpc) is 3.42. The number of alkyl halides is 6. The van der Waals surface area contributed by atoms with Gasteiger partial charge in [0.1, 0.15) is 5.75 Å². The van der Waals surface area contributed by atoms with Gasteiger partial charge in [-0.05, 0) is 55.0 Å². The van der Waals surface area contributed by atoms with Crippen LogP contribution in [-0.2, 0) is 12.4 Å². The van der Waals surface area contributed by atoms with Crippen LogP contribution in [0.2, 0.25) is 0 Å². The number of anilines is 1. The van der Waals surface area contributed by atoms with Crippen molar-refractivity contribution in [3.8, 4) is 11.5 Å². The van der Waals surface area contributed by atoms with E-state index in [1.54, 1.807) is 12.3 Å². The third kappa shape index (κ3) is 7.53. The summed E-state index contributed by atoms with van der Waals surface area (Å²) in [6.45, 7) is 3.59. The molecule has 0 amide bonds. The van der Waals surface area contributed by atoms with Crippen molar-refractivity contribution in [3.05, 3.63) is 80.6 Å². The zero-order valence-electron chi connectivity index (χ0n) is 19.9. The van der Waals surface area contributed by atoms with Gasteiger partial charge >= 0.3 is 18.0 Å². The van der Waals surface area contributed by atoms with Gasteiger partial charge in [-0.2, -0.15) is 26.3 Å². The van der Waals surface area contributed by atoms with E-state index < -0.39 is 44.0 Å². The molecule has 14 heteroatoms. The first-order valence-corrected chi connectivity index (χ1v) is 12.6. The molecule has 0 spiro atoms. The van der Waals surface area contributed by atoms with E-state index in [-0.39, 0.29) is 17.2 Å². The molecule has 2 heterocycles. The molecule has 2 atom stereocenters. The number of nitrogens with zero attached hydrogens (tertiary/aromatic N) is 1. The first kappa shape index (κ1) is 29.6. The van der Waals surface area contributed by atoms with Crippen LogP contribution in [0.1, 0.15) is 37.8 Å². The molecule has 0 aromatic heterocycles. The molecule has 2 aromatic carbocycles. The second kappa shape index (κ2) is 11.0. The summed E-state index contributed by atoms with van der Waals surface area (Å²) in [5, 5.41) is 14.6. The van der Waals surface area contributed by atoms with Crippen molar-refractivity contribution >= 4 is 34.9 Å². The molecule has 4 rings (SSSR count). The Morgan fingerprint density at radius 1 is 0.842 bits per heavy atom. The van der Waals surface area contributed by atoms with Gasteiger partial charge in [0.15, 0.2) is 15.6 Å². The normalized spacial score (nSPS) is 22.6. The van der Waals surface area contributed by atoms with Gasteiger partial charge in [-0.1, -0.05) is 35.7 Å². The van der Waals surface area contributed by atoms with Crippen LogP contribution in [0.3, 0.4) is 0 Å². The first-order valence-electron chi connectivity index (χ1n) is 10.9. The van der Waals surface area contributed by atoms with E-state index in [0.29, 0.717) is 18.9 Å². The van der Waals surface area contributed by atoms with Crippen molar-refractivity contribution in [1.29, 1.82) is 0 Å². The number of halogens is 6. The maximum Gasteiger partial charge on any atom is 0.416 e. The van der Waals surface area contributed by atoms with Crippen LogP contribution in [-0.4, -0.2) is 14.8 Å². The maximum atomic E-state index is 12.6. The van der Waals surface area contributed by atoms with Crippen LogP contribution in [0, 0.1) is 10.1 Å². The predicted molar refractivity (Wildman–Crippen MR) is 135 cm³/mol. The van der Waals surface area contributed by atoms with Gasteiger partial charge in [-0.25, -0.2) is 0 Å². The van der Waals surface area contributed by atoms with Gasteiger partial charge in [0.05, 0.1) is 21.7 Å². The zero-order chi connectivity index (χ0) is 28.4. The fourth-order valence-corrected chi connectivity index (χ4v) is 4.96. The maximum absolute atomic E-state index is 12.6. The Hall–Kier alpha value is -3.00. The molecule has 206 valence electrons. The summed E-state index contributed by atoms with van der Waals surface area (Å²) in [6, 6.07) is 5.39. The molecular weight excluding hydrogens is 558 g/mol. The largest absolute Gasteiger partial charge is 0.474 e. The molecule has 0 radical (unpaired) electrons. The molecule has 0 aliphatic carbocycles. The highest BCUT2D eigenvalue weighted by Gasteiger charge is 2.36. The van der Waals surface area contributed by atoms with E-state index in [1.807, 2.05) is 24.5 Å². The summed E-state index contributed by atoms with van der Waals surface area (Å²) in [4.78, 5) is 8.82. The first-order chi connectivity index (χ1) is 17.5. The third-order valence-electron chi connectivity index (χ3n) is 5.28. The molecule has 2 unspecified atom stereocenters. The van der Waals surface area contributed by atoms with Crippen molar-refractivity contribution in [2.75, 3.05) is 5.73 Å². The predicted octanol–water partition coefficient (Wildman–Crippen LogP) is 8.39. The molecule has 0 fully saturated rings. The number of ether oxygens (including phenoxy) is 2. The summed E-state index contributed by atoms with van der Waals surface area (Å²) in [5.41, 5.74) is 3.07. The van der Waals surface area contributed by atoms with Crippen molar-refractivity contribution in [3.63, 3.8) is 0 Å². The molecule has 2 aromatic rings. The highest BCUT2D eigenvalue weighted by Crippen LogP contribution is 2.43. The number of nitro groups is 1. The van der Waals surface area contributed by atoms with Gasteiger partial charge < -0.3 is 15.2 Å². The van der Waals surface area contributed by atoms with Gasteiger partial charge in [0, 0.05) is 18.9 Å². The number of rotatable bonds is 5. The molecule has 0 saturated heterocycles. The number of nitrogen functional groups attached to an aromatic ring is 1. The number of nitrogens with two attached hydrogens (primary N) is 1. The summed E-state index contributed by atoms with van der Waals surface area (Å²) in [6.07, 6.45) is -4.02. The summed E-state index contributed by atoms with van der Waals surface area (Å²) >= 11 is 2.80. The highest BCUT2D eigenvalue weighted by atomic mass is 32.2. The molecule has 0 saturated carbocycles. The molecule has 38 heavy (non-hydrogen) atoms. The molecule has 2 aliphatic rings. The summed E-state index contributed by atoms with van der Waals surface area (Å²) in [5.74, 6) is 0.114. The van der Waals surface area contributed by atoms with Crippen molar-refractivity contribution in [1.82, 2.24) is 0 Å². The van der Waals surface area contributed by atoms with E-state index in [9.17, 15) is 36.5 Å². The van der Waals surface area contributed by atoms with Gasteiger partial charge in [-0.15, -0.1) is 0 Å². The second-order valence-corrected chi connectivity index (χ2v) is 11.3. The van der Waals surface area contributed by atoms with Crippen LogP contribution >= 0.6 is 23.5 Å². The van der Waals surface area contributed by atoms with Gasteiger partial charge in [0.2, 0.25) is 0 Å². The fraction of sp³-hybridized carbons (Fsp3) is 0.333. The van der Waals surface area contributed by atoms with E-state index in [4.69, 9.17) is 15.2 Å². The van der Waals surface area contributed by atoms with Crippen LogP contribution in [0.5, 0.6) is 11.5 Å². The number of nitro benzene ring substituents is 1. The van der Waals surface area contributed by atoms with Gasteiger partial charge in [0.25, 0.3) is 0 Å². The van der Waals surface area contributed by atoms with E-state index in [2.05, 4.69) is 0 Å². The van der Waals surface area contributed by atoms with Gasteiger partial charge in [-0.3, -0.25) is 10.1 Å². The SMILES string of the molecule is CC1(Oc2ccc(C(F)(F)F)cc2N)CC=CS1.CC1(Oc2ccc(C(F)(F)F)cc2[N+](=O)[O-])CC=CS1. The lowest BCUT2D eigenvalue weighted by molar-refractivity contribution is -0.386. The lowest BCUT2D eigenvalue weighted by Gasteiger charge is -2.25. The Balaban J connectivity index is 0.000000212.